The van der Waals surface area contributed by atoms with Gasteiger partial charge < -0.3 is 9.47 Å². The van der Waals surface area contributed by atoms with E-state index < -0.39 is 23.4 Å². The van der Waals surface area contributed by atoms with Crippen LogP contribution in [-0.2, 0) is 11.4 Å². The molecule has 3 aromatic rings. The van der Waals surface area contributed by atoms with Crippen molar-refractivity contribution >= 4 is 35.0 Å². The fraction of sp³-hybridized carbons (Fsp3) is 0.120. The van der Waals surface area contributed by atoms with Gasteiger partial charge in [0.2, 0.25) is 0 Å². The first-order chi connectivity index (χ1) is 16.3. The van der Waals surface area contributed by atoms with Crippen LogP contribution in [0.1, 0.15) is 11.1 Å². The summed E-state index contributed by atoms with van der Waals surface area (Å²) < 4.78 is 52.1. The van der Waals surface area contributed by atoms with E-state index in [0.29, 0.717) is 16.3 Å². The number of rotatable bonds is 6. The van der Waals surface area contributed by atoms with E-state index in [0.717, 1.165) is 16.6 Å². The van der Waals surface area contributed by atoms with Crippen LogP contribution in [0.2, 0.25) is 5.02 Å². The molecule has 0 atom stereocenters. The molecule has 0 spiro atoms. The smallest absolute Gasteiger partial charge is 0.435 e. The molecule has 1 amide bonds. The highest BCUT2D eigenvalue weighted by atomic mass is 35.5. The molecule has 9 heteroatoms. The van der Waals surface area contributed by atoms with Crippen LogP contribution in [0.15, 0.2) is 83.5 Å². The van der Waals surface area contributed by atoms with Gasteiger partial charge in [-0.3, -0.25) is 4.79 Å². The summed E-state index contributed by atoms with van der Waals surface area (Å²) in [7, 11) is 1.41. The van der Waals surface area contributed by atoms with E-state index in [4.69, 9.17) is 21.1 Å². The van der Waals surface area contributed by atoms with E-state index in [-0.39, 0.29) is 18.0 Å². The largest absolute Gasteiger partial charge is 0.493 e. The molecule has 0 aromatic heterocycles. The Labute approximate surface area is 198 Å². The number of methoxy groups -OCH3 is 1. The molecule has 0 N–H and O–H groups in total. The highest BCUT2D eigenvalue weighted by Gasteiger charge is 2.46. The summed E-state index contributed by atoms with van der Waals surface area (Å²) in [5, 5.41) is 4.85. The minimum absolute atomic E-state index is 0.172. The third kappa shape index (κ3) is 4.92. The van der Waals surface area contributed by atoms with E-state index >= 15 is 0 Å². The molecule has 0 unspecified atom stereocenters. The lowest BCUT2D eigenvalue weighted by Gasteiger charge is -2.13. The van der Waals surface area contributed by atoms with Crippen LogP contribution in [0, 0.1) is 0 Å². The standard InChI is InChI=1S/C25H18ClF3N2O3/c1-33-22-14-16(11-12-21(22)34-15-17-7-5-6-10-20(17)26)13-19-23(25(27,28)29)30-31(24(19)32)18-8-3-2-4-9-18/h2-14H,15H2,1H3/b19-13-. The monoisotopic (exact) mass is 486 g/mol. The molecule has 0 saturated carbocycles. The van der Waals surface area contributed by atoms with Crippen molar-refractivity contribution in [3.05, 3.63) is 94.5 Å². The Morgan fingerprint density at radius 3 is 2.38 bits per heavy atom. The van der Waals surface area contributed by atoms with Crippen molar-refractivity contribution in [2.24, 2.45) is 5.10 Å². The number of para-hydroxylation sites is 1. The van der Waals surface area contributed by atoms with Gasteiger partial charge in [0.1, 0.15) is 6.61 Å². The molecule has 34 heavy (non-hydrogen) atoms. The molecule has 0 fully saturated rings. The van der Waals surface area contributed by atoms with E-state index in [9.17, 15) is 18.0 Å². The second kappa shape index (κ2) is 9.61. The van der Waals surface area contributed by atoms with Gasteiger partial charge in [-0.2, -0.15) is 23.3 Å². The maximum absolute atomic E-state index is 13.7. The highest BCUT2D eigenvalue weighted by Crippen LogP contribution is 2.34. The summed E-state index contributed by atoms with van der Waals surface area (Å²) in [4.78, 5) is 12.9. The number of hydrogen-bond donors (Lipinski definition) is 0. The first-order valence-corrected chi connectivity index (χ1v) is 10.5. The Morgan fingerprint density at radius 1 is 1.00 bits per heavy atom. The number of hydrogen-bond acceptors (Lipinski definition) is 4. The first-order valence-electron chi connectivity index (χ1n) is 10.1. The molecule has 3 aromatic carbocycles. The number of amides is 1. The summed E-state index contributed by atoms with van der Waals surface area (Å²) in [6, 6.07) is 19.7. The number of benzene rings is 3. The van der Waals surface area contributed by atoms with Gasteiger partial charge in [0, 0.05) is 10.6 Å². The highest BCUT2D eigenvalue weighted by molar-refractivity contribution is 6.34. The quantitative estimate of drug-likeness (QED) is 0.385. The van der Waals surface area contributed by atoms with Crippen molar-refractivity contribution in [1.82, 2.24) is 0 Å². The van der Waals surface area contributed by atoms with Crippen molar-refractivity contribution < 1.29 is 27.4 Å². The Morgan fingerprint density at radius 2 is 1.71 bits per heavy atom. The lowest BCUT2D eigenvalue weighted by atomic mass is 10.1. The zero-order chi connectivity index (χ0) is 24.3. The maximum Gasteiger partial charge on any atom is 0.435 e. The van der Waals surface area contributed by atoms with Crippen molar-refractivity contribution in [1.29, 1.82) is 0 Å². The Balaban J connectivity index is 1.64. The lowest BCUT2D eigenvalue weighted by Crippen LogP contribution is -2.25. The molecule has 174 valence electrons. The van der Waals surface area contributed by atoms with Crippen LogP contribution in [0.25, 0.3) is 6.08 Å². The van der Waals surface area contributed by atoms with Gasteiger partial charge in [-0.1, -0.05) is 54.1 Å². The number of alkyl halides is 3. The Bertz CT molecular complexity index is 1270. The number of ether oxygens (including phenoxy) is 2. The fourth-order valence-electron chi connectivity index (χ4n) is 3.33. The second-order valence-corrected chi connectivity index (χ2v) is 7.65. The topological polar surface area (TPSA) is 51.1 Å². The summed E-state index contributed by atoms with van der Waals surface area (Å²) in [5.74, 6) is -0.216. The lowest BCUT2D eigenvalue weighted by molar-refractivity contribution is -0.114. The average molecular weight is 487 g/mol. The van der Waals surface area contributed by atoms with Crippen molar-refractivity contribution in [3.63, 3.8) is 0 Å². The Hall–Kier alpha value is -3.78. The van der Waals surface area contributed by atoms with Crippen LogP contribution in [0.5, 0.6) is 11.5 Å². The molecule has 5 nitrogen and oxygen atoms in total. The van der Waals surface area contributed by atoms with Crippen LogP contribution in [-0.4, -0.2) is 24.9 Å². The SMILES string of the molecule is COc1cc(/C=C2\C(=O)N(c3ccccc3)N=C2C(F)(F)F)ccc1OCc1ccccc1Cl. The molecule has 0 bridgehead atoms. The van der Waals surface area contributed by atoms with Crippen LogP contribution < -0.4 is 14.5 Å². The zero-order valence-electron chi connectivity index (χ0n) is 17.8. The van der Waals surface area contributed by atoms with Gasteiger partial charge in [-0.15, -0.1) is 0 Å². The van der Waals surface area contributed by atoms with Crippen molar-refractivity contribution in [3.8, 4) is 11.5 Å². The zero-order valence-corrected chi connectivity index (χ0v) is 18.6. The average Bonchev–Trinajstić information content (AvgIpc) is 3.16. The van der Waals surface area contributed by atoms with Crippen molar-refractivity contribution in [2.45, 2.75) is 12.8 Å². The minimum atomic E-state index is -4.81. The molecule has 0 aliphatic carbocycles. The fourth-order valence-corrected chi connectivity index (χ4v) is 3.52. The number of nitrogens with zero attached hydrogens (tertiary/aromatic N) is 2. The van der Waals surface area contributed by atoms with Crippen LogP contribution >= 0.6 is 11.6 Å². The number of carbonyl (C=O) groups is 1. The molecule has 0 radical (unpaired) electrons. The second-order valence-electron chi connectivity index (χ2n) is 7.25. The van der Waals surface area contributed by atoms with Gasteiger partial charge in [-0.25, -0.2) is 0 Å². The summed E-state index contributed by atoms with van der Waals surface area (Å²) >= 11 is 6.15. The van der Waals surface area contributed by atoms with Gasteiger partial charge in [0.15, 0.2) is 17.2 Å². The van der Waals surface area contributed by atoms with E-state index in [1.54, 1.807) is 36.4 Å². The summed E-state index contributed by atoms with van der Waals surface area (Å²) in [6.45, 7) is 0.172. The maximum atomic E-state index is 13.7. The normalized spacial score (nSPS) is 15.0. The molecular formula is C25H18ClF3N2O3. The van der Waals surface area contributed by atoms with Gasteiger partial charge >= 0.3 is 6.18 Å². The predicted octanol–water partition coefficient (Wildman–Crippen LogP) is 6.28. The summed E-state index contributed by atoms with van der Waals surface area (Å²) in [5.41, 5.74) is -0.515. The van der Waals surface area contributed by atoms with E-state index in [1.165, 1.54) is 31.4 Å². The number of hydrazone groups is 1. The van der Waals surface area contributed by atoms with Crippen LogP contribution in [0.4, 0.5) is 18.9 Å². The number of halogens is 4. The number of carbonyl (C=O) groups excluding carboxylic acids is 1. The van der Waals surface area contributed by atoms with Crippen LogP contribution in [0.3, 0.4) is 0 Å². The molecule has 4 rings (SSSR count). The molecule has 0 saturated heterocycles. The molecule has 1 aliphatic rings. The predicted molar refractivity (Wildman–Crippen MR) is 124 cm³/mol. The summed E-state index contributed by atoms with van der Waals surface area (Å²) in [6.07, 6.45) is -3.68. The third-order valence-electron chi connectivity index (χ3n) is 4.99. The van der Waals surface area contributed by atoms with E-state index in [2.05, 4.69) is 5.10 Å². The number of anilines is 1. The molecular weight excluding hydrogens is 469 g/mol. The molecule has 1 aliphatic heterocycles. The first kappa shape index (κ1) is 23.4. The van der Waals surface area contributed by atoms with Crippen molar-refractivity contribution in [2.75, 3.05) is 12.1 Å². The van der Waals surface area contributed by atoms with Gasteiger partial charge in [-0.05, 0) is 42.0 Å². The van der Waals surface area contributed by atoms with E-state index in [1.807, 2.05) is 12.1 Å². The Kier molecular flexibility index (Phi) is 6.61. The van der Waals surface area contributed by atoms with Gasteiger partial charge in [0.25, 0.3) is 5.91 Å². The van der Waals surface area contributed by atoms with Gasteiger partial charge in [0.05, 0.1) is 18.4 Å². The minimum Gasteiger partial charge on any atom is -0.493 e. The third-order valence-corrected chi connectivity index (χ3v) is 5.36. The molecule has 1 heterocycles.